The number of morpholine rings is 1. The van der Waals surface area contributed by atoms with Gasteiger partial charge in [0.2, 0.25) is 0 Å². The molecule has 2 aliphatic heterocycles. The first-order chi connectivity index (χ1) is 17.2. The molecular formula is C26H33ClN6O3. The number of piperidine rings is 1. The molecule has 3 aromatic rings. The van der Waals surface area contributed by atoms with Crippen LogP contribution in [-0.4, -0.2) is 75.7 Å². The quantitative estimate of drug-likeness (QED) is 0.501. The summed E-state index contributed by atoms with van der Waals surface area (Å²) in [7, 11) is 0. The lowest BCUT2D eigenvalue weighted by Crippen LogP contribution is -2.41. The highest BCUT2D eigenvalue weighted by atomic mass is 35.5. The van der Waals surface area contributed by atoms with E-state index in [1.165, 1.54) is 0 Å². The van der Waals surface area contributed by atoms with E-state index in [9.17, 15) is 4.79 Å². The van der Waals surface area contributed by atoms with E-state index in [-0.39, 0.29) is 12.0 Å². The molecule has 2 saturated heterocycles. The first kappa shape index (κ1) is 24.8. The standard InChI is InChI=1S/C26H33ClN6O3/c1-17-29-23(31-9-11-35-12-10-31)15-24(30-17)33-22-14-20(21(27)13-19(22)16-28-33)18-5-7-32(8-6-18)25(34)36-26(2,3)4/h13-16,18H,5-12H2,1-4H3. The number of anilines is 1. The molecule has 10 heteroatoms. The fourth-order valence-corrected chi connectivity index (χ4v) is 5.18. The lowest BCUT2D eigenvalue weighted by Gasteiger charge is -2.34. The largest absolute Gasteiger partial charge is 0.444 e. The second-order valence-electron chi connectivity index (χ2n) is 10.5. The molecule has 4 heterocycles. The van der Waals surface area contributed by atoms with E-state index >= 15 is 0 Å². The minimum absolute atomic E-state index is 0.250. The fraction of sp³-hybridized carbons (Fsp3) is 0.538. The monoisotopic (exact) mass is 512 g/mol. The van der Waals surface area contributed by atoms with Crippen molar-refractivity contribution in [2.45, 2.75) is 52.1 Å². The number of likely N-dealkylation sites (tertiary alicyclic amines) is 1. The van der Waals surface area contributed by atoms with E-state index in [1.54, 1.807) is 4.90 Å². The van der Waals surface area contributed by atoms with Crippen molar-refractivity contribution in [3.8, 4) is 5.82 Å². The number of hydrogen-bond acceptors (Lipinski definition) is 7. The van der Waals surface area contributed by atoms with Gasteiger partial charge in [0.05, 0.1) is 24.9 Å². The van der Waals surface area contributed by atoms with Gasteiger partial charge < -0.3 is 19.3 Å². The maximum atomic E-state index is 12.5. The molecule has 0 unspecified atom stereocenters. The number of aryl methyl sites for hydroxylation is 1. The van der Waals surface area contributed by atoms with Crippen LogP contribution in [0, 0.1) is 6.92 Å². The smallest absolute Gasteiger partial charge is 0.410 e. The summed E-state index contributed by atoms with van der Waals surface area (Å²) < 4.78 is 12.9. The van der Waals surface area contributed by atoms with Gasteiger partial charge in [-0.25, -0.2) is 19.4 Å². The predicted molar refractivity (Wildman–Crippen MR) is 139 cm³/mol. The van der Waals surface area contributed by atoms with E-state index in [0.717, 1.165) is 59.1 Å². The number of nitrogens with zero attached hydrogens (tertiary/aromatic N) is 6. The van der Waals surface area contributed by atoms with Gasteiger partial charge in [0.1, 0.15) is 17.2 Å². The zero-order chi connectivity index (χ0) is 25.4. The Kier molecular flexibility index (Phi) is 6.78. The predicted octanol–water partition coefficient (Wildman–Crippen LogP) is 4.73. The van der Waals surface area contributed by atoms with Crippen molar-refractivity contribution in [2.24, 2.45) is 0 Å². The van der Waals surface area contributed by atoms with Gasteiger partial charge in [-0.2, -0.15) is 5.10 Å². The lowest BCUT2D eigenvalue weighted by atomic mass is 9.89. The highest BCUT2D eigenvalue weighted by Crippen LogP contribution is 2.36. The molecule has 2 fully saturated rings. The molecule has 0 bridgehead atoms. The van der Waals surface area contributed by atoms with Crippen molar-refractivity contribution in [1.29, 1.82) is 0 Å². The molecule has 2 aliphatic rings. The minimum Gasteiger partial charge on any atom is -0.444 e. The molecule has 5 rings (SSSR count). The molecule has 2 aromatic heterocycles. The molecule has 0 aliphatic carbocycles. The lowest BCUT2D eigenvalue weighted by molar-refractivity contribution is 0.0205. The normalized spacial score (nSPS) is 17.6. The second-order valence-corrected chi connectivity index (χ2v) is 10.9. The summed E-state index contributed by atoms with van der Waals surface area (Å²) in [5.41, 5.74) is 1.53. The van der Waals surface area contributed by atoms with Crippen LogP contribution in [0.15, 0.2) is 24.4 Å². The van der Waals surface area contributed by atoms with Gasteiger partial charge in [0.25, 0.3) is 0 Å². The van der Waals surface area contributed by atoms with Gasteiger partial charge in [0.15, 0.2) is 5.82 Å². The number of benzene rings is 1. The van der Waals surface area contributed by atoms with Crippen molar-refractivity contribution in [3.05, 3.63) is 40.8 Å². The number of ether oxygens (including phenoxy) is 2. The van der Waals surface area contributed by atoms with Gasteiger partial charge in [-0.3, -0.25) is 0 Å². The van der Waals surface area contributed by atoms with E-state index in [0.29, 0.717) is 32.1 Å². The van der Waals surface area contributed by atoms with Crippen molar-refractivity contribution >= 4 is 34.4 Å². The van der Waals surface area contributed by atoms with E-state index in [2.05, 4.69) is 26.0 Å². The zero-order valence-corrected chi connectivity index (χ0v) is 22.1. The number of carbonyl (C=O) groups excluding carboxylic acids is 1. The summed E-state index contributed by atoms with van der Waals surface area (Å²) in [6.07, 6.45) is 3.22. The maximum absolute atomic E-state index is 12.5. The Balaban J connectivity index is 1.40. The van der Waals surface area contributed by atoms with Crippen molar-refractivity contribution < 1.29 is 14.3 Å². The van der Waals surface area contributed by atoms with Crippen molar-refractivity contribution in [1.82, 2.24) is 24.6 Å². The Morgan fingerprint density at radius 3 is 2.44 bits per heavy atom. The maximum Gasteiger partial charge on any atom is 0.410 e. The second kappa shape index (κ2) is 9.86. The summed E-state index contributed by atoms with van der Waals surface area (Å²) in [6, 6.07) is 6.09. The first-order valence-electron chi connectivity index (χ1n) is 12.5. The fourth-order valence-electron chi connectivity index (χ4n) is 4.86. The van der Waals surface area contributed by atoms with Gasteiger partial charge in [-0.05, 0) is 64.2 Å². The van der Waals surface area contributed by atoms with Crippen LogP contribution < -0.4 is 4.90 Å². The van der Waals surface area contributed by atoms with E-state index < -0.39 is 5.60 Å². The third-order valence-electron chi connectivity index (χ3n) is 6.64. The van der Waals surface area contributed by atoms with Crippen molar-refractivity contribution in [3.63, 3.8) is 0 Å². The molecule has 1 aromatic carbocycles. The minimum atomic E-state index is -0.498. The average molecular weight is 513 g/mol. The molecule has 0 N–H and O–H groups in total. The molecule has 0 radical (unpaired) electrons. The third kappa shape index (κ3) is 5.27. The van der Waals surface area contributed by atoms with Crippen LogP contribution in [0.25, 0.3) is 16.7 Å². The molecular weight excluding hydrogens is 480 g/mol. The van der Waals surface area contributed by atoms with Gasteiger partial charge >= 0.3 is 6.09 Å². The summed E-state index contributed by atoms with van der Waals surface area (Å²) in [5, 5.41) is 6.33. The number of amides is 1. The summed E-state index contributed by atoms with van der Waals surface area (Å²) >= 11 is 6.74. The third-order valence-corrected chi connectivity index (χ3v) is 6.96. The van der Waals surface area contributed by atoms with Crippen LogP contribution in [0.1, 0.15) is 50.9 Å². The SMILES string of the molecule is Cc1nc(N2CCOCC2)cc(-n2ncc3cc(Cl)c(C4CCN(C(=O)OC(C)(C)C)CC4)cc32)n1. The first-order valence-corrected chi connectivity index (χ1v) is 12.9. The Morgan fingerprint density at radius 1 is 1.06 bits per heavy atom. The zero-order valence-electron chi connectivity index (χ0n) is 21.3. The van der Waals surface area contributed by atoms with E-state index in [1.807, 2.05) is 50.7 Å². The molecule has 9 nitrogen and oxygen atoms in total. The van der Waals surface area contributed by atoms with Gasteiger partial charge in [0, 0.05) is 42.7 Å². The molecule has 0 saturated carbocycles. The van der Waals surface area contributed by atoms with Gasteiger partial charge in [-0.1, -0.05) is 11.6 Å². The molecule has 0 atom stereocenters. The molecule has 0 spiro atoms. The average Bonchev–Trinajstić information content (AvgIpc) is 3.25. The van der Waals surface area contributed by atoms with Crippen LogP contribution in [0.4, 0.5) is 10.6 Å². The number of hydrogen-bond donors (Lipinski definition) is 0. The van der Waals surface area contributed by atoms with Crippen LogP contribution in [0.5, 0.6) is 0 Å². The Morgan fingerprint density at radius 2 is 1.75 bits per heavy atom. The summed E-state index contributed by atoms with van der Waals surface area (Å²) in [4.78, 5) is 25.8. The number of carbonyl (C=O) groups is 1. The number of aromatic nitrogens is 4. The van der Waals surface area contributed by atoms with Crippen LogP contribution in [0.2, 0.25) is 5.02 Å². The molecule has 36 heavy (non-hydrogen) atoms. The molecule has 1 amide bonds. The number of halogens is 1. The van der Waals surface area contributed by atoms with Crippen LogP contribution >= 0.6 is 11.6 Å². The van der Waals surface area contributed by atoms with E-state index in [4.69, 9.17) is 21.1 Å². The van der Waals surface area contributed by atoms with Crippen LogP contribution in [-0.2, 0) is 9.47 Å². The number of fused-ring (bicyclic) bond motifs is 1. The highest BCUT2D eigenvalue weighted by molar-refractivity contribution is 6.32. The summed E-state index contributed by atoms with van der Waals surface area (Å²) in [5.74, 6) is 2.56. The molecule has 192 valence electrons. The Hall–Kier alpha value is -2.91. The Labute approximate surface area is 216 Å². The highest BCUT2D eigenvalue weighted by Gasteiger charge is 2.29. The summed E-state index contributed by atoms with van der Waals surface area (Å²) in [6.45, 7) is 11.8. The van der Waals surface area contributed by atoms with Crippen molar-refractivity contribution in [2.75, 3.05) is 44.3 Å². The Bertz CT molecular complexity index is 1260. The number of rotatable bonds is 3. The van der Waals surface area contributed by atoms with Crippen LogP contribution in [0.3, 0.4) is 0 Å². The topological polar surface area (TPSA) is 85.6 Å². The van der Waals surface area contributed by atoms with Gasteiger partial charge in [-0.15, -0.1) is 0 Å².